The van der Waals surface area contributed by atoms with Gasteiger partial charge in [-0.25, -0.2) is 19.9 Å². The minimum Gasteiger partial charge on any atom is -0.312 e. The van der Waals surface area contributed by atoms with Crippen LogP contribution in [-0.2, 0) is 13.1 Å². The van der Waals surface area contributed by atoms with Crippen molar-refractivity contribution in [2.45, 2.75) is 44.2 Å². The maximum Gasteiger partial charge on any atom is 0.343 e. The molecule has 0 amide bonds. The van der Waals surface area contributed by atoms with Crippen LogP contribution in [0.2, 0.25) is 0 Å². The number of hydrogen-bond acceptors (Lipinski definition) is 6. The van der Waals surface area contributed by atoms with Gasteiger partial charge in [0.2, 0.25) is 0 Å². The Kier molecular flexibility index (Phi) is 5.51. The topological polar surface area (TPSA) is 88.5 Å². The molecule has 114 valence electrons. The normalized spacial score (nSPS) is 11.2. The minimum absolute atomic E-state index is 0.213. The minimum atomic E-state index is -0.213. The lowest BCUT2D eigenvalue weighted by Gasteiger charge is -2.07. The second-order valence-electron chi connectivity index (χ2n) is 5.06. The fourth-order valence-corrected chi connectivity index (χ4v) is 2.52. The predicted octanol–water partition coefficient (Wildman–Crippen LogP) is 1.28. The van der Waals surface area contributed by atoms with E-state index in [1.807, 2.05) is 6.92 Å². The molecule has 2 N–H and O–H groups in total. The molecule has 7 nitrogen and oxygen atoms in total. The Morgan fingerprint density at radius 3 is 2.71 bits per heavy atom. The highest BCUT2D eigenvalue weighted by molar-refractivity contribution is 7.99. The molecule has 0 spiro atoms. The van der Waals surface area contributed by atoms with Gasteiger partial charge in [0.15, 0.2) is 10.3 Å². The van der Waals surface area contributed by atoms with Crippen LogP contribution in [0.25, 0.3) is 0 Å². The van der Waals surface area contributed by atoms with Crippen molar-refractivity contribution in [2.75, 3.05) is 6.54 Å². The van der Waals surface area contributed by atoms with Gasteiger partial charge in [-0.15, -0.1) is 5.10 Å². The van der Waals surface area contributed by atoms with Gasteiger partial charge in [-0.05, 0) is 31.1 Å². The molecule has 21 heavy (non-hydrogen) atoms. The first-order valence-corrected chi connectivity index (χ1v) is 7.76. The summed E-state index contributed by atoms with van der Waals surface area (Å²) in [5, 5.41) is 10.9. The fraction of sp³-hybridized carbons (Fsp3) is 0.538. The molecule has 0 aliphatic rings. The van der Waals surface area contributed by atoms with Gasteiger partial charge in [-0.1, -0.05) is 13.8 Å². The third-order valence-electron chi connectivity index (χ3n) is 2.79. The number of hydrogen-bond donors (Lipinski definition) is 2. The van der Waals surface area contributed by atoms with Crippen LogP contribution < -0.4 is 11.0 Å². The zero-order valence-electron chi connectivity index (χ0n) is 12.5. The molecule has 0 radical (unpaired) electrons. The van der Waals surface area contributed by atoms with E-state index in [4.69, 9.17) is 0 Å². The second-order valence-corrected chi connectivity index (χ2v) is 5.99. The van der Waals surface area contributed by atoms with E-state index in [-0.39, 0.29) is 5.69 Å². The first kappa shape index (κ1) is 15.7. The van der Waals surface area contributed by atoms with Crippen molar-refractivity contribution in [1.29, 1.82) is 0 Å². The van der Waals surface area contributed by atoms with Crippen LogP contribution in [-0.4, -0.2) is 31.3 Å². The van der Waals surface area contributed by atoms with Gasteiger partial charge < -0.3 is 5.32 Å². The summed E-state index contributed by atoms with van der Waals surface area (Å²) in [7, 11) is 0. The van der Waals surface area contributed by atoms with Gasteiger partial charge in [0.25, 0.3) is 0 Å². The van der Waals surface area contributed by atoms with Gasteiger partial charge in [0.1, 0.15) is 0 Å². The van der Waals surface area contributed by atoms with Crippen LogP contribution >= 0.6 is 11.8 Å². The van der Waals surface area contributed by atoms with E-state index >= 15 is 0 Å². The highest BCUT2D eigenvalue weighted by atomic mass is 32.2. The molecule has 2 rings (SSSR count). The quantitative estimate of drug-likeness (QED) is 0.749. The summed E-state index contributed by atoms with van der Waals surface area (Å²) in [6.45, 7) is 8.51. The summed E-state index contributed by atoms with van der Waals surface area (Å²) in [4.78, 5) is 20.1. The SMILES string of the molecule is CCn1c(Sc2ncc(CNCC(C)C)cn2)n[nH]c1=O. The van der Waals surface area contributed by atoms with Crippen molar-refractivity contribution in [3.63, 3.8) is 0 Å². The summed E-state index contributed by atoms with van der Waals surface area (Å²) in [5.41, 5.74) is 0.824. The molecule has 0 unspecified atom stereocenters. The maximum absolute atomic E-state index is 11.5. The van der Waals surface area contributed by atoms with Gasteiger partial charge >= 0.3 is 5.69 Å². The van der Waals surface area contributed by atoms with E-state index in [0.717, 1.165) is 18.7 Å². The molecule has 0 fully saturated rings. The van der Waals surface area contributed by atoms with Crippen molar-refractivity contribution >= 4 is 11.8 Å². The van der Waals surface area contributed by atoms with Crippen LogP contribution in [0.1, 0.15) is 26.3 Å². The van der Waals surface area contributed by atoms with Crippen LogP contribution in [0, 0.1) is 5.92 Å². The zero-order chi connectivity index (χ0) is 15.2. The van der Waals surface area contributed by atoms with Crippen LogP contribution in [0.15, 0.2) is 27.5 Å². The summed E-state index contributed by atoms with van der Waals surface area (Å²) in [6, 6.07) is 0. The first-order chi connectivity index (χ1) is 10.1. The lowest BCUT2D eigenvalue weighted by Crippen LogP contribution is -2.19. The predicted molar refractivity (Wildman–Crippen MR) is 81.2 cm³/mol. The van der Waals surface area contributed by atoms with E-state index in [9.17, 15) is 4.79 Å². The van der Waals surface area contributed by atoms with Crippen LogP contribution in [0.5, 0.6) is 0 Å². The Balaban J connectivity index is 1.97. The summed E-state index contributed by atoms with van der Waals surface area (Å²) in [5.74, 6) is 0.617. The molecule has 0 saturated carbocycles. The Labute approximate surface area is 127 Å². The Morgan fingerprint density at radius 2 is 2.10 bits per heavy atom. The first-order valence-electron chi connectivity index (χ1n) is 6.94. The van der Waals surface area contributed by atoms with Crippen molar-refractivity contribution < 1.29 is 0 Å². The summed E-state index contributed by atoms with van der Waals surface area (Å²) >= 11 is 1.28. The van der Waals surface area contributed by atoms with Crippen molar-refractivity contribution in [2.24, 2.45) is 5.92 Å². The largest absolute Gasteiger partial charge is 0.343 e. The van der Waals surface area contributed by atoms with Crippen molar-refractivity contribution in [1.82, 2.24) is 30.0 Å². The molecule has 8 heteroatoms. The number of nitrogens with one attached hydrogen (secondary N) is 2. The van der Waals surface area contributed by atoms with Crippen LogP contribution in [0.3, 0.4) is 0 Å². The standard InChI is InChI=1S/C13H20N6OS/c1-4-19-12(20)17-18-13(19)21-11-15-7-10(8-16-11)6-14-5-9(2)3/h7-9,14H,4-6H2,1-3H3,(H,17,20). The number of nitrogens with zero attached hydrogens (tertiary/aromatic N) is 4. The number of aromatic nitrogens is 5. The molecule has 0 atom stereocenters. The molecule has 0 aromatic carbocycles. The molecule has 0 bridgehead atoms. The Bertz CT molecular complexity index is 618. The highest BCUT2D eigenvalue weighted by Crippen LogP contribution is 2.20. The lowest BCUT2D eigenvalue weighted by atomic mass is 10.2. The highest BCUT2D eigenvalue weighted by Gasteiger charge is 2.10. The average Bonchev–Trinajstić information content (AvgIpc) is 2.80. The van der Waals surface area contributed by atoms with Crippen LogP contribution in [0.4, 0.5) is 0 Å². The summed E-state index contributed by atoms with van der Waals surface area (Å²) < 4.78 is 1.55. The van der Waals surface area contributed by atoms with E-state index in [2.05, 4.69) is 39.3 Å². The summed E-state index contributed by atoms with van der Waals surface area (Å²) in [6.07, 6.45) is 3.59. The molecule has 0 aliphatic carbocycles. The maximum atomic E-state index is 11.5. The monoisotopic (exact) mass is 308 g/mol. The lowest BCUT2D eigenvalue weighted by molar-refractivity contribution is 0.550. The molecule has 0 saturated heterocycles. The van der Waals surface area contributed by atoms with E-state index in [1.165, 1.54) is 11.8 Å². The molecule has 2 aromatic rings. The fourth-order valence-electron chi connectivity index (χ4n) is 1.73. The third kappa shape index (κ3) is 4.40. The zero-order valence-corrected chi connectivity index (χ0v) is 13.3. The van der Waals surface area contributed by atoms with Gasteiger partial charge in [0.05, 0.1) is 0 Å². The molecular formula is C13H20N6OS. The number of rotatable bonds is 7. The third-order valence-corrected chi connectivity index (χ3v) is 3.67. The smallest absolute Gasteiger partial charge is 0.312 e. The molecule has 0 aliphatic heterocycles. The Hall–Kier alpha value is -1.67. The van der Waals surface area contributed by atoms with Crippen molar-refractivity contribution in [3.8, 4) is 0 Å². The molecule has 2 aromatic heterocycles. The van der Waals surface area contributed by atoms with E-state index < -0.39 is 0 Å². The molecule has 2 heterocycles. The van der Waals surface area contributed by atoms with Gasteiger partial charge in [-0.2, -0.15) is 0 Å². The average molecular weight is 308 g/mol. The van der Waals surface area contributed by atoms with Gasteiger partial charge in [-0.3, -0.25) is 4.57 Å². The molecular weight excluding hydrogens is 288 g/mol. The number of aromatic amines is 1. The van der Waals surface area contributed by atoms with Gasteiger partial charge in [0, 0.05) is 31.0 Å². The van der Waals surface area contributed by atoms with Crippen molar-refractivity contribution in [3.05, 3.63) is 28.4 Å². The van der Waals surface area contributed by atoms with E-state index in [0.29, 0.717) is 22.8 Å². The van der Waals surface area contributed by atoms with E-state index in [1.54, 1.807) is 17.0 Å². The second kappa shape index (κ2) is 7.37. The Morgan fingerprint density at radius 1 is 1.38 bits per heavy atom. The number of H-pyrrole nitrogens is 1.